The van der Waals surface area contributed by atoms with Crippen molar-refractivity contribution < 1.29 is 0 Å². The van der Waals surface area contributed by atoms with Gasteiger partial charge in [0.2, 0.25) is 0 Å². The molecule has 0 radical (unpaired) electrons. The number of hydrogen-bond acceptors (Lipinski definition) is 2. The minimum absolute atomic E-state index is 0.211. The summed E-state index contributed by atoms with van der Waals surface area (Å²) in [6.45, 7) is 2.31. The van der Waals surface area contributed by atoms with Gasteiger partial charge in [0.15, 0.2) is 0 Å². The maximum absolute atomic E-state index is 6.33. The zero-order chi connectivity index (χ0) is 12.5. The first-order chi connectivity index (χ1) is 8.08. The third kappa shape index (κ3) is 2.60. The Morgan fingerprint density at radius 3 is 2.76 bits per heavy atom. The summed E-state index contributed by atoms with van der Waals surface area (Å²) in [7, 11) is 1.99. The average Bonchev–Trinajstić information content (AvgIpc) is 2.73. The maximum atomic E-state index is 6.33. The van der Waals surface area contributed by atoms with Gasteiger partial charge in [0.25, 0.3) is 0 Å². The topological polar surface area (TPSA) is 12.0 Å². The number of nitrogens with one attached hydrogen (secondary N) is 1. The van der Waals surface area contributed by atoms with Crippen LogP contribution in [0.5, 0.6) is 0 Å². The van der Waals surface area contributed by atoms with Crippen molar-refractivity contribution in [1.82, 2.24) is 5.32 Å². The van der Waals surface area contributed by atoms with E-state index in [0.29, 0.717) is 10.0 Å². The fraction of sp³-hybridized carbons (Fsp3) is 0.538. The second kappa shape index (κ2) is 5.40. The van der Waals surface area contributed by atoms with E-state index in [9.17, 15) is 0 Å². The molecule has 0 aromatic heterocycles. The lowest BCUT2D eigenvalue weighted by Gasteiger charge is -2.34. The smallest absolute Gasteiger partial charge is 0.0640 e. The van der Waals surface area contributed by atoms with Crippen LogP contribution in [0, 0.1) is 0 Å². The highest BCUT2D eigenvalue weighted by Gasteiger charge is 2.38. The Morgan fingerprint density at radius 1 is 1.41 bits per heavy atom. The van der Waals surface area contributed by atoms with Crippen LogP contribution in [0.2, 0.25) is 10.0 Å². The predicted octanol–water partition coefficient (Wildman–Crippen LogP) is 4.54. The summed E-state index contributed by atoms with van der Waals surface area (Å²) in [4.78, 5) is 0. The van der Waals surface area contributed by atoms with Gasteiger partial charge < -0.3 is 5.32 Å². The minimum atomic E-state index is 0.211. The van der Waals surface area contributed by atoms with Gasteiger partial charge in [-0.3, -0.25) is 0 Å². The zero-order valence-electron chi connectivity index (χ0n) is 10.1. The van der Waals surface area contributed by atoms with Crippen LogP contribution in [0.15, 0.2) is 18.2 Å². The Morgan fingerprint density at radius 2 is 2.18 bits per heavy atom. The van der Waals surface area contributed by atoms with E-state index in [4.69, 9.17) is 23.2 Å². The average molecular weight is 290 g/mol. The van der Waals surface area contributed by atoms with Gasteiger partial charge in [0, 0.05) is 10.8 Å². The Labute approximate surface area is 117 Å². The molecule has 0 saturated carbocycles. The molecule has 94 valence electrons. The molecule has 2 rings (SSSR count). The van der Waals surface area contributed by atoms with Crippen LogP contribution in [0.1, 0.15) is 31.4 Å². The van der Waals surface area contributed by atoms with Crippen molar-refractivity contribution in [3.63, 3.8) is 0 Å². The standard InChI is InChI=1S/C13H17Cl2NS/c1-13(7-4-8-17-13)12(16-2)9-5-3-6-10(14)11(9)15/h3,5-6,12,16H,4,7-8H2,1-2H3. The quantitative estimate of drug-likeness (QED) is 0.877. The molecule has 1 aromatic rings. The first-order valence-electron chi connectivity index (χ1n) is 5.83. The summed E-state index contributed by atoms with van der Waals surface area (Å²) in [5, 5.41) is 4.72. The maximum Gasteiger partial charge on any atom is 0.0640 e. The van der Waals surface area contributed by atoms with E-state index in [0.717, 1.165) is 5.56 Å². The molecule has 1 N–H and O–H groups in total. The lowest BCUT2D eigenvalue weighted by atomic mass is 9.90. The number of halogens is 2. The van der Waals surface area contributed by atoms with Gasteiger partial charge in [-0.05, 0) is 44.2 Å². The van der Waals surface area contributed by atoms with Crippen LogP contribution >= 0.6 is 35.0 Å². The summed E-state index contributed by atoms with van der Waals surface area (Å²) in [5.41, 5.74) is 1.11. The van der Waals surface area contributed by atoms with Crippen LogP contribution in [0.4, 0.5) is 0 Å². The number of hydrogen-bond donors (Lipinski definition) is 1. The highest BCUT2D eigenvalue weighted by atomic mass is 35.5. The Balaban J connectivity index is 2.38. The van der Waals surface area contributed by atoms with Crippen molar-refractivity contribution in [2.45, 2.75) is 30.6 Å². The molecule has 0 bridgehead atoms. The van der Waals surface area contributed by atoms with Crippen molar-refractivity contribution in [2.75, 3.05) is 12.8 Å². The zero-order valence-corrected chi connectivity index (χ0v) is 12.4. The highest BCUT2D eigenvalue weighted by Crippen LogP contribution is 2.48. The van der Waals surface area contributed by atoms with Crippen LogP contribution in [0.3, 0.4) is 0 Å². The molecule has 1 heterocycles. The largest absolute Gasteiger partial charge is 0.312 e. The van der Waals surface area contributed by atoms with E-state index in [1.807, 2.05) is 30.9 Å². The molecule has 4 heteroatoms. The van der Waals surface area contributed by atoms with E-state index in [1.165, 1.54) is 18.6 Å². The van der Waals surface area contributed by atoms with Crippen LogP contribution in [-0.4, -0.2) is 17.5 Å². The summed E-state index contributed by atoms with van der Waals surface area (Å²) in [6, 6.07) is 6.13. The van der Waals surface area contributed by atoms with Crippen molar-refractivity contribution in [3.8, 4) is 0 Å². The fourth-order valence-electron chi connectivity index (χ4n) is 2.56. The molecule has 1 fully saturated rings. The monoisotopic (exact) mass is 289 g/mol. The number of rotatable bonds is 3. The fourth-order valence-corrected chi connectivity index (χ4v) is 4.43. The summed E-state index contributed by atoms with van der Waals surface area (Å²) < 4.78 is 0.211. The van der Waals surface area contributed by atoms with E-state index >= 15 is 0 Å². The minimum Gasteiger partial charge on any atom is -0.312 e. The molecule has 0 aliphatic carbocycles. The van der Waals surface area contributed by atoms with Crippen molar-refractivity contribution in [2.24, 2.45) is 0 Å². The van der Waals surface area contributed by atoms with Crippen molar-refractivity contribution in [1.29, 1.82) is 0 Å². The lowest BCUT2D eigenvalue weighted by Crippen LogP contribution is -2.35. The first-order valence-corrected chi connectivity index (χ1v) is 7.58. The third-order valence-electron chi connectivity index (χ3n) is 3.44. The van der Waals surface area contributed by atoms with Gasteiger partial charge >= 0.3 is 0 Å². The molecule has 1 saturated heterocycles. The molecule has 1 aromatic carbocycles. The van der Waals surface area contributed by atoms with Gasteiger partial charge in [-0.15, -0.1) is 0 Å². The first kappa shape index (κ1) is 13.5. The number of thioether (sulfide) groups is 1. The molecule has 0 amide bonds. The molecule has 2 unspecified atom stereocenters. The molecule has 2 atom stereocenters. The molecule has 1 aliphatic heterocycles. The summed E-state index contributed by atoms with van der Waals surface area (Å²) in [6.07, 6.45) is 2.49. The Bertz CT molecular complexity index is 402. The molecular formula is C13H17Cl2NS. The normalized spacial score (nSPS) is 26.1. The lowest BCUT2D eigenvalue weighted by molar-refractivity contribution is 0.441. The molecule has 1 nitrogen and oxygen atoms in total. The van der Waals surface area contributed by atoms with Crippen LogP contribution < -0.4 is 5.32 Å². The van der Waals surface area contributed by atoms with E-state index in [1.54, 1.807) is 0 Å². The second-order valence-corrected chi connectivity index (χ2v) is 7.04. The molecular weight excluding hydrogens is 273 g/mol. The Kier molecular flexibility index (Phi) is 4.30. The molecule has 0 spiro atoms. The predicted molar refractivity (Wildman–Crippen MR) is 78.4 cm³/mol. The van der Waals surface area contributed by atoms with E-state index in [2.05, 4.69) is 18.3 Å². The molecule has 17 heavy (non-hydrogen) atoms. The number of benzene rings is 1. The van der Waals surface area contributed by atoms with Crippen molar-refractivity contribution in [3.05, 3.63) is 33.8 Å². The van der Waals surface area contributed by atoms with Gasteiger partial charge in [0.05, 0.1) is 10.0 Å². The summed E-state index contributed by atoms with van der Waals surface area (Å²) >= 11 is 14.4. The SMILES string of the molecule is CNC(c1cccc(Cl)c1Cl)C1(C)CCCS1. The third-order valence-corrected chi connectivity index (χ3v) is 5.87. The van der Waals surface area contributed by atoms with Crippen LogP contribution in [0.25, 0.3) is 0 Å². The van der Waals surface area contributed by atoms with E-state index in [-0.39, 0.29) is 10.8 Å². The van der Waals surface area contributed by atoms with Gasteiger partial charge in [-0.1, -0.05) is 35.3 Å². The highest BCUT2D eigenvalue weighted by molar-refractivity contribution is 8.00. The van der Waals surface area contributed by atoms with Gasteiger partial charge in [-0.2, -0.15) is 11.8 Å². The Hall–Kier alpha value is 0.110. The van der Waals surface area contributed by atoms with Gasteiger partial charge in [-0.25, -0.2) is 0 Å². The van der Waals surface area contributed by atoms with Crippen LogP contribution in [-0.2, 0) is 0 Å². The van der Waals surface area contributed by atoms with Gasteiger partial charge in [0.1, 0.15) is 0 Å². The van der Waals surface area contributed by atoms with E-state index < -0.39 is 0 Å². The second-order valence-electron chi connectivity index (χ2n) is 4.63. The molecule has 1 aliphatic rings. The summed E-state index contributed by atoms with van der Waals surface area (Å²) in [5.74, 6) is 1.23. The van der Waals surface area contributed by atoms with Crippen molar-refractivity contribution >= 4 is 35.0 Å².